The summed E-state index contributed by atoms with van der Waals surface area (Å²) >= 11 is 0. The van der Waals surface area contributed by atoms with Gasteiger partial charge < -0.3 is 15.4 Å². The number of nitrogens with zero attached hydrogens (tertiary/aromatic N) is 2. The molecule has 0 aromatic heterocycles. The van der Waals surface area contributed by atoms with E-state index in [4.69, 9.17) is 10.5 Å². The molecule has 0 aliphatic carbocycles. The maximum Gasteiger partial charge on any atom is 0.119 e. The van der Waals surface area contributed by atoms with Crippen LogP contribution in [-0.2, 0) is 0 Å². The number of likely N-dealkylation sites (N-methyl/N-ethyl adjacent to an activating group) is 1. The van der Waals surface area contributed by atoms with Crippen LogP contribution in [0.1, 0.15) is 24.9 Å². The molecule has 0 fully saturated rings. The Labute approximate surface area is 123 Å². The second-order valence-corrected chi connectivity index (χ2v) is 5.39. The van der Waals surface area contributed by atoms with Gasteiger partial charge in [-0.2, -0.15) is 0 Å². The van der Waals surface area contributed by atoms with Crippen molar-refractivity contribution < 1.29 is 4.74 Å². The molecule has 4 heteroatoms. The Morgan fingerprint density at radius 1 is 1.20 bits per heavy atom. The van der Waals surface area contributed by atoms with Crippen LogP contribution in [0.25, 0.3) is 0 Å². The largest absolute Gasteiger partial charge is 0.494 e. The van der Waals surface area contributed by atoms with Crippen LogP contribution in [0.15, 0.2) is 24.3 Å². The topological polar surface area (TPSA) is 41.7 Å². The van der Waals surface area contributed by atoms with E-state index in [0.717, 1.165) is 25.3 Å². The molecule has 0 bridgehead atoms. The van der Waals surface area contributed by atoms with Crippen LogP contribution in [0.2, 0.25) is 0 Å². The van der Waals surface area contributed by atoms with Gasteiger partial charge in [0, 0.05) is 12.6 Å². The summed E-state index contributed by atoms with van der Waals surface area (Å²) in [5, 5.41) is 0. The van der Waals surface area contributed by atoms with Crippen LogP contribution in [-0.4, -0.2) is 57.2 Å². The summed E-state index contributed by atoms with van der Waals surface area (Å²) in [6, 6.07) is 8.51. The summed E-state index contributed by atoms with van der Waals surface area (Å²) < 4.78 is 5.57. The maximum atomic E-state index is 5.97. The molecule has 20 heavy (non-hydrogen) atoms. The fraction of sp³-hybridized carbons (Fsp3) is 0.625. The van der Waals surface area contributed by atoms with E-state index in [-0.39, 0.29) is 6.04 Å². The standard InChI is InChI=1S/C16H29N3O/c1-5-20-15-9-6-8-14(12-15)16(13-17)19(4)11-7-10-18(2)3/h6,8-9,12,16H,5,7,10-11,13,17H2,1-4H3. The van der Waals surface area contributed by atoms with E-state index in [9.17, 15) is 0 Å². The molecule has 0 aliphatic heterocycles. The normalized spacial score (nSPS) is 12.9. The zero-order valence-corrected chi connectivity index (χ0v) is 13.3. The van der Waals surface area contributed by atoms with E-state index >= 15 is 0 Å². The van der Waals surface area contributed by atoms with Crippen LogP contribution in [0.4, 0.5) is 0 Å². The van der Waals surface area contributed by atoms with Gasteiger partial charge in [-0.1, -0.05) is 12.1 Å². The fourth-order valence-electron chi connectivity index (χ4n) is 2.34. The highest BCUT2D eigenvalue weighted by Crippen LogP contribution is 2.22. The van der Waals surface area contributed by atoms with Gasteiger partial charge in [0.2, 0.25) is 0 Å². The van der Waals surface area contributed by atoms with Crippen molar-refractivity contribution in [1.29, 1.82) is 0 Å². The highest BCUT2D eigenvalue weighted by Gasteiger charge is 2.15. The van der Waals surface area contributed by atoms with Crippen molar-refractivity contribution in [3.05, 3.63) is 29.8 Å². The smallest absolute Gasteiger partial charge is 0.119 e. The summed E-state index contributed by atoms with van der Waals surface area (Å²) in [6.07, 6.45) is 1.14. The minimum atomic E-state index is 0.248. The summed E-state index contributed by atoms with van der Waals surface area (Å²) in [6.45, 7) is 5.45. The maximum absolute atomic E-state index is 5.97. The lowest BCUT2D eigenvalue weighted by molar-refractivity contribution is 0.234. The molecule has 0 saturated carbocycles. The average molecular weight is 279 g/mol. The Morgan fingerprint density at radius 2 is 1.95 bits per heavy atom. The van der Waals surface area contributed by atoms with Gasteiger partial charge in [-0.3, -0.25) is 4.90 Å². The lowest BCUT2D eigenvalue weighted by Crippen LogP contribution is -2.32. The molecule has 0 saturated heterocycles. The molecule has 1 aromatic carbocycles. The molecule has 0 radical (unpaired) electrons. The van der Waals surface area contributed by atoms with Crippen LogP contribution in [0.3, 0.4) is 0 Å². The first-order valence-corrected chi connectivity index (χ1v) is 7.36. The Bertz CT molecular complexity index is 382. The minimum absolute atomic E-state index is 0.248. The minimum Gasteiger partial charge on any atom is -0.494 e. The van der Waals surface area contributed by atoms with Crippen molar-refractivity contribution in [3.8, 4) is 5.75 Å². The average Bonchev–Trinajstić information content (AvgIpc) is 2.40. The van der Waals surface area contributed by atoms with E-state index in [1.165, 1.54) is 5.56 Å². The monoisotopic (exact) mass is 279 g/mol. The number of hydrogen-bond donors (Lipinski definition) is 1. The van der Waals surface area contributed by atoms with Gasteiger partial charge >= 0.3 is 0 Å². The predicted molar refractivity (Wildman–Crippen MR) is 85.2 cm³/mol. The van der Waals surface area contributed by atoms with Gasteiger partial charge in [-0.15, -0.1) is 0 Å². The fourth-order valence-corrected chi connectivity index (χ4v) is 2.34. The van der Waals surface area contributed by atoms with Crippen LogP contribution < -0.4 is 10.5 Å². The number of nitrogens with two attached hydrogens (primary N) is 1. The zero-order chi connectivity index (χ0) is 15.0. The van der Waals surface area contributed by atoms with Crippen molar-refractivity contribution in [1.82, 2.24) is 9.80 Å². The predicted octanol–water partition coefficient (Wildman–Crippen LogP) is 1.97. The van der Waals surface area contributed by atoms with Gasteiger partial charge in [0.05, 0.1) is 6.61 Å². The molecule has 2 N–H and O–H groups in total. The lowest BCUT2D eigenvalue weighted by Gasteiger charge is -2.28. The Morgan fingerprint density at radius 3 is 2.55 bits per heavy atom. The number of benzene rings is 1. The van der Waals surface area contributed by atoms with E-state index in [1.54, 1.807) is 0 Å². The summed E-state index contributed by atoms with van der Waals surface area (Å²) in [7, 11) is 6.35. The third-order valence-corrected chi connectivity index (χ3v) is 3.43. The molecule has 114 valence electrons. The second kappa shape index (κ2) is 8.95. The molecular formula is C16H29N3O. The molecule has 0 heterocycles. The van der Waals surface area contributed by atoms with Crippen LogP contribution >= 0.6 is 0 Å². The van der Waals surface area contributed by atoms with E-state index in [1.807, 2.05) is 19.1 Å². The second-order valence-electron chi connectivity index (χ2n) is 5.39. The van der Waals surface area contributed by atoms with Crippen molar-refractivity contribution in [2.45, 2.75) is 19.4 Å². The van der Waals surface area contributed by atoms with Crippen molar-refractivity contribution >= 4 is 0 Å². The molecule has 0 amide bonds. The number of hydrogen-bond acceptors (Lipinski definition) is 4. The molecular weight excluding hydrogens is 250 g/mol. The van der Waals surface area contributed by atoms with E-state index < -0.39 is 0 Å². The van der Waals surface area contributed by atoms with Crippen LogP contribution in [0, 0.1) is 0 Å². The van der Waals surface area contributed by atoms with Gasteiger partial charge in [0.25, 0.3) is 0 Å². The molecule has 1 aromatic rings. The van der Waals surface area contributed by atoms with Crippen molar-refractivity contribution in [3.63, 3.8) is 0 Å². The highest BCUT2D eigenvalue weighted by molar-refractivity contribution is 5.30. The summed E-state index contributed by atoms with van der Waals surface area (Å²) in [5.74, 6) is 0.921. The Balaban J connectivity index is 2.66. The molecule has 0 aliphatic rings. The van der Waals surface area contributed by atoms with Gasteiger partial charge in [-0.05, 0) is 65.3 Å². The summed E-state index contributed by atoms with van der Waals surface area (Å²) in [4.78, 5) is 4.54. The Hall–Kier alpha value is -1.10. The highest BCUT2D eigenvalue weighted by atomic mass is 16.5. The van der Waals surface area contributed by atoms with Gasteiger partial charge in [-0.25, -0.2) is 0 Å². The zero-order valence-electron chi connectivity index (χ0n) is 13.3. The lowest BCUT2D eigenvalue weighted by atomic mass is 10.1. The molecule has 4 nitrogen and oxygen atoms in total. The van der Waals surface area contributed by atoms with E-state index in [2.05, 4.69) is 43.1 Å². The first kappa shape index (κ1) is 17.0. The SMILES string of the molecule is CCOc1cccc(C(CN)N(C)CCCN(C)C)c1. The first-order valence-electron chi connectivity index (χ1n) is 7.36. The quantitative estimate of drug-likeness (QED) is 0.750. The number of rotatable bonds is 9. The van der Waals surface area contributed by atoms with Crippen molar-refractivity contribution in [2.24, 2.45) is 5.73 Å². The third-order valence-electron chi connectivity index (χ3n) is 3.43. The van der Waals surface area contributed by atoms with Crippen LogP contribution in [0.5, 0.6) is 5.75 Å². The first-order chi connectivity index (χ1) is 9.58. The Kier molecular flexibility index (Phi) is 7.59. The van der Waals surface area contributed by atoms with Gasteiger partial charge in [0.1, 0.15) is 5.75 Å². The molecule has 0 spiro atoms. The molecule has 1 rings (SSSR count). The molecule has 1 unspecified atom stereocenters. The van der Waals surface area contributed by atoms with Crippen molar-refractivity contribution in [2.75, 3.05) is 47.4 Å². The number of ether oxygens (including phenoxy) is 1. The van der Waals surface area contributed by atoms with Gasteiger partial charge in [0.15, 0.2) is 0 Å². The molecule has 1 atom stereocenters. The summed E-state index contributed by atoms with van der Waals surface area (Å²) in [5.41, 5.74) is 7.20. The van der Waals surface area contributed by atoms with E-state index in [0.29, 0.717) is 13.2 Å². The third kappa shape index (κ3) is 5.49.